The third kappa shape index (κ3) is 4.90. The summed E-state index contributed by atoms with van der Waals surface area (Å²) in [5.74, 6) is 0.599. The van der Waals surface area contributed by atoms with E-state index in [1.165, 1.54) is 0 Å². The van der Waals surface area contributed by atoms with Gasteiger partial charge in [0.1, 0.15) is 12.4 Å². The number of aromatic nitrogens is 2. The molecule has 29 heavy (non-hydrogen) atoms. The number of amides is 1. The molecule has 4 aromatic rings. The second-order valence-corrected chi connectivity index (χ2v) is 6.61. The molecule has 0 atom stereocenters. The highest BCUT2D eigenvalue weighted by Gasteiger charge is 2.07. The molecule has 0 saturated heterocycles. The van der Waals surface area contributed by atoms with Gasteiger partial charge in [-0.1, -0.05) is 48.5 Å². The van der Waals surface area contributed by atoms with Gasteiger partial charge in [0.15, 0.2) is 0 Å². The fourth-order valence-electron chi connectivity index (χ4n) is 2.90. The number of rotatable bonds is 7. The Labute approximate surface area is 169 Å². The molecule has 1 amide bonds. The van der Waals surface area contributed by atoms with Crippen LogP contribution < -0.4 is 10.1 Å². The van der Waals surface area contributed by atoms with Gasteiger partial charge < -0.3 is 10.1 Å². The minimum Gasteiger partial charge on any atom is -0.489 e. The predicted molar refractivity (Wildman–Crippen MR) is 112 cm³/mol. The number of para-hydroxylation sites is 1. The SMILES string of the molecule is O=C(NCc1cnn(-c2ccccc2)c1)c1ccc(OCc2ccccc2)cc1. The zero-order chi connectivity index (χ0) is 19.9. The molecule has 0 aliphatic carbocycles. The van der Waals surface area contributed by atoms with Crippen LogP contribution >= 0.6 is 0 Å². The molecule has 4 rings (SSSR count). The molecule has 5 nitrogen and oxygen atoms in total. The van der Waals surface area contributed by atoms with Crippen molar-refractivity contribution in [2.75, 3.05) is 0 Å². The number of benzene rings is 3. The van der Waals surface area contributed by atoms with Gasteiger partial charge >= 0.3 is 0 Å². The van der Waals surface area contributed by atoms with E-state index < -0.39 is 0 Å². The molecule has 1 heterocycles. The molecule has 1 aromatic heterocycles. The largest absolute Gasteiger partial charge is 0.489 e. The van der Waals surface area contributed by atoms with Crippen LogP contribution in [0, 0.1) is 0 Å². The normalized spacial score (nSPS) is 10.5. The van der Waals surface area contributed by atoms with Crippen molar-refractivity contribution in [1.29, 1.82) is 0 Å². The van der Waals surface area contributed by atoms with E-state index >= 15 is 0 Å². The smallest absolute Gasteiger partial charge is 0.251 e. The highest BCUT2D eigenvalue weighted by Crippen LogP contribution is 2.14. The van der Waals surface area contributed by atoms with Crippen molar-refractivity contribution >= 4 is 5.91 Å². The maximum absolute atomic E-state index is 12.4. The highest BCUT2D eigenvalue weighted by molar-refractivity contribution is 5.94. The maximum atomic E-state index is 12.4. The van der Waals surface area contributed by atoms with E-state index in [0.717, 1.165) is 22.6 Å². The Bertz CT molecular complexity index is 1060. The van der Waals surface area contributed by atoms with Gasteiger partial charge in [-0.15, -0.1) is 0 Å². The second-order valence-electron chi connectivity index (χ2n) is 6.61. The topological polar surface area (TPSA) is 56.2 Å². The number of carbonyl (C=O) groups excluding carboxylic acids is 1. The lowest BCUT2D eigenvalue weighted by molar-refractivity contribution is 0.0951. The van der Waals surface area contributed by atoms with Crippen molar-refractivity contribution in [1.82, 2.24) is 15.1 Å². The van der Waals surface area contributed by atoms with Crippen LogP contribution in [0.2, 0.25) is 0 Å². The minimum absolute atomic E-state index is 0.132. The summed E-state index contributed by atoms with van der Waals surface area (Å²) >= 11 is 0. The van der Waals surface area contributed by atoms with Crippen LogP contribution in [0.5, 0.6) is 5.75 Å². The lowest BCUT2D eigenvalue weighted by Gasteiger charge is -2.08. The first-order valence-corrected chi connectivity index (χ1v) is 9.42. The summed E-state index contributed by atoms with van der Waals surface area (Å²) in [7, 11) is 0. The van der Waals surface area contributed by atoms with E-state index in [9.17, 15) is 4.79 Å². The third-order valence-electron chi connectivity index (χ3n) is 4.47. The Hall–Kier alpha value is -3.86. The molecule has 0 radical (unpaired) electrons. The molecule has 0 spiro atoms. The van der Waals surface area contributed by atoms with Crippen LogP contribution in [0.3, 0.4) is 0 Å². The summed E-state index contributed by atoms with van der Waals surface area (Å²) in [6.45, 7) is 0.912. The van der Waals surface area contributed by atoms with Crippen molar-refractivity contribution < 1.29 is 9.53 Å². The summed E-state index contributed by atoms with van der Waals surface area (Å²) in [6.07, 6.45) is 3.67. The van der Waals surface area contributed by atoms with Gasteiger partial charge in [0.2, 0.25) is 0 Å². The molecular weight excluding hydrogens is 362 g/mol. The van der Waals surface area contributed by atoms with Crippen LogP contribution in [-0.2, 0) is 13.2 Å². The molecule has 0 fully saturated rings. The monoisotopic (exact) mass is 383 g/mol. The standard InChI is InChI=1S/C24H21N3O2/c28-24(25-15-20-16-26-27(17-20)22-9-5-2-6-10-22)21-11-13-23(14-12-21)29-18-19-7-3-1-4-8-19/h1-14,16-17H,15,18H2,(H,25,28). The zero-order valence-electron chi connectivity index (χ0n) is 15.9. The van der Waals surface area contributed by atoms with Crippen molar-refractivity contribution in [3.63, 3.8) is 0 Å². The number of ether oxygens (including phenoxy) is 1. The molecule has 5 heteroatoms. The van der Waals surface area contributed by atoms with E-state index in [-0.39, 0.29) is 5.91 Å². The zero-order valence-corrected chi connectivity index (χ0v) is 15.9. The van der Waals surface area contributed by atoms with E-state index in [0.29, 0.717) is 18.7 Å². The van der Waals surface area contributed by atoms with Crippen molar-refractivity contribution in [3.8, 4) is 11.4 Å². The Morgan fingerprint density at radius 3 is 2.28 bits per heavy atom. The Kier molecular flexibility index (Phi) is 5.67. The fraction of sp³-hybridized carbons (Fsp3) is 0.0833. The van der Waals surface area contributed by atoms with Crippen LogP contribution in [0.4, 0.5) is 0 Å². The van der Waals surface area contributed by atoms with Gasteiger partial charge in [-0.05, 0) is 42.0 Å². The van der Waals surface area contributed by atoms with Crippen LogP contribution in [-0.4, -0.2) is 15.7 Å². The summed E-state index contributed by atoms with van der Waals surface area (Å²) < 4.78 is 7.55. The van der Waals surface area contributed by atoms with E-state index in [2.05, 4.69) is 10.4 Å². The number of hydrogen-bond donors (Lipinski definition) is 1. The van der Waals surface area contributed by atoms with E-state index in [1.54, 1.807) is 23.0 Å². The van der Waals surface area contributed by atoms with Crippen molar-refractivity contribution in [3.05, 3.63) is 114 Å². The average Bonchev–Trinajstić information content (AvgIpc) is 3.27. The van der Waals surface area contributed by atoms with Crippen LogP contribution in [0.25, 0.3) is 5.69 Å². The number of hydrogen-bond acceptors (Lipinski definition) is 3. The first-order valence-electron chi connectivity index (χ1n) is 9.42. The van der Waals surface area contributed by atoms with Crippen LogP contribution in [0.1, 0.15) is 21.5 Å². The first kappa shape index (κ1) is 18.5. The van der Waals surface area contributed by atoms with E-state index in [4.69, 9.17) is 4.74 Å². The molecule has 1 N–H and O–H groups in total. The average molecular weight is 383 g/mol. The molecule has 0 unspecified atom stereocenters. The van der Waals surface area contributed by atoms with E-state index in [1.807, 2.05) is 79.0 Å². The number of nitrogens with one attached hydrogen (secondary N) is 1. The number of carbonyl (C=O) groups is 1. The summed E-state index contributed by atoms with van der Waals surface area (Å²) in [4.78, 5) is 12.4. The molecular formula is C24H21N3O2. The quantitative estimate of drug-likeness (QED) is 0.515. The summed E-state index contributed by atoms with van der Waals surface area (Å²) in [5.41, 5.74) is 3.61. The van der Waals surface area contributed by atoms with Gasteiger partial charge in [-0.2, -0.15) is 5.10 Å². The van der Waals surface area contributed by atoms with Crippen molar-refractivity contribution in [2.24, 2.45) is 0 Å². The highest BCUT2D eigenvalue weighted by atomic mass is 16.5. The van der Waals surface area contributed by atoms with Gasteiger partial charge in [0.05, 0.1) is 11.9 Å². The van der Waals surface area contributed by atoms with Gasteiger partial charge in [-0.3, -0.25) is 4.79 Å². The van der Waals surface area contributed by atoms with Gasteiger partial charge in [-0.25, -0.2) is 4.68 Å². The molecule has 0 saturated carbocycles. The lowest BCUT2D eigenvalue weighted by Crippen LogP contribution is -2.22. The summed E-state index contributed by atoms with van der Waals surface area (Å²) in [6, 6.07) is 27.0. The van der Waals surface area contributed by atoms with Gasteiger partial charge in [0, 0.05) is 23.9 Å². The first-order chi connectivity index (χ1) is 14.3. The third-order valence-corrected chi connectivity index (χ3v) is 4.47. The van der Waals surface area contributed by atoms with Crippen molar-refractivity contribution in [2.45, 2.75) is 13.2 Å². The molecule has 0 bridgehead atoms. The predicted octanol–water partition coefficient (Wildman–Crippen LogP) is 4.38. The summed E-state index contributed by atoms with van der Waals surface area (Å²) in [5, 5.41) is 7.27. The minimum atomic E-state index is -0.132. The lowest BCUT2D eigenvalue weighted by atomic mass is 10.2. The maximum Gasteiger partial charge on any atom is 0.251 e. The van der Waals surface area contributed by atoms with Crippen LogP contribution in [0.15, 0.2) is 97.3 Å². The number of nitrogens with zero attached hydrogens (tertiary/aromatic N) is 2. The second kappa shape index (κ2) is 8.89. The Morgan fingerprint density at radius 1 is 0.862 bits per heavy atom. The molecule has 0 aliphatic rings. The molecule has 0 aliphatic heterocycles. The Balaban J connectivity index is 1.30. The Morgan fingerprint density at radius 2 is 1.55 bits per heavy atom. The fourth-order valence-corrected chi connectivity index (χ4v) is 2.90. The molecule has 3 aromatic carbocycles. The molecule has 144 valence electrons. The van der Waals surface area contributed by atoms with Gasteiger partial charge in [0.25, 0.3) is 5.91 Å².